The Bertz CT molecular complexity index is 618. The largest absolute Gasteiger partial charge is 0.478 e. The lowest BCUT2D eigenvalue weighted by Gasteiger charge is -2.07. The van der Waals surface area contributed by atoms with Gasteiger partial charge in [-0.1, -0.05) is 24.3 Å². The normalized spacial score (nSPS) is 10.4. The van der Waals surface area contributed by atoms with Crippen LogP contribution >= 0.6 is 0 Å². The molecule has 2 aromatic carbocycles. The second kappa shape index (κ2) is 4.61. The maximum Gasteiger partial charge on any atom is 0.338 e. The Labute approximate surface area is 105 Å². The first kappa shape index (κ1) is 12.3. The molecule has 0 heterocycles. The summed E-state index contributed by atoms with van der Waals surface area (Å²) < 4.78 is 13.3. The Hall–Kier alpha value is -2.16. The topological polar surface area (TPSA) is 37.3 Å². The van der Waals surface area contributed by atoms with Gasteiger partial charge in [-0.15, -0.1) is 0 Å². The summed E-state index contributed by atoms with van der Waals surface area (Å²) in [4.78, 5) is 10.9. The van der Waals surface area contributed by atoms with Gasteiger partial charge in [-0.25, -0.2) is 9.18 Å². The Balaban J connectivity index is 2.54. The summed E-state index contributed by atoms with van der Waals surface area (Å²) in [5.41, 5.74) is 3.58. The van der Waals surface area contributed by atoms with Crippen LogP contribution in [-0.4, -0.2) is 11.1 Å². The second-order valence-corrected chi connectivity index (χ2v) is 4.30. The highest BCUT2D eigenvalue weighted by Crippen LogP contribution is 2.24. The van der Waals surface area contributed by atoms with Crippen LogP contribution in [0.2, 0.25) is 0 Å². The molecule has 0 spiro atoms. The first-order valence-electron chi connectivity index (χ1n) is 5.59. The number of carbonyl (C=O) groups is 1. The highest BCUT2D eigenvalue weighted by molar-refractivity contribution is 5.89. The summed E-state index contributed by atoms with van der Waals surface area (Å²) in [7, 11) is 0. The van der Waals surface area contributed by atoms with Gasteiger partial charge in [-0.05, 0) is 48.2 Å². The van der Waals surface area contributed by atoms with Crippen LogP contribution in [-0.2, 0) is 0 Å². The average Bonchev–Trinajstić information content (AvgIpc) is 2.33. The zero-order chi connectivity index (χ0) is 13.3. The Morgan fingerprint density at radius 2 is 1.61 bits per heavy atom. The molecule has 0 saturated heterocycles. The first-order valence-corrected chi connectivity index (χ1v) is 5.59. The Morgan fingerprint density at radius 3 is 2.22 bits per heavy atom. The third-order valence-corrected chi connectivity index (χ3v) is 3.04. The van der Waals surface area contributed by atoms with E-state index in [0.29, 0.717) is 5.56 Å². The molecule has 18 heavy (non-hydrogen) atoms. The smallest absolute Gasteiger partial charge is 0.338 e. The van der Waals surface area contributed by atoms with Crippen molar-refractivity contribution in [2.45, 2.75) is 13.8 Å². The monoisotopic (exact) mass is 244 g/mol. The lowest BCUT2D eigenvalue weighted by Crippen LogP contribution is -2.00. The van der Waals surface area contributed by atoms with Crippen molar-refractivity contribution in [1.82, 2.24) is 0 Å². The van der Waals surface area contributed by atoms with Crippen LogP contribution in [0.4, 0.5) is 4.39 Å². The van der Waals surface area contributed by atoms with Crippen molar-refractivity contribution < 1.29 is 14.3 Å². The van der Waals surface area contributed by atoms with Gasteiger partial charge in [-0.2, -0.15) is 0 Å². The summed E-state index contributed by atoms with van der Waals surface area (Å²) in [5, 5.41) is 8.90. The van der Waals surface area contributed by atoms with Crippen LogP contribution in [0.3, 0.4) is 0 Å². The van der Waals surface area contributed by atoms with E-state index in [-0.39, 0.29) is 5.56 Å². The standard InChI is InChI=1S/C15H13FO2/c1-9-3-4-11(7-10(9)2)12-5-6-14(16)13(8-12)15(17)18/h3-8H,1-2H3,(H,17,18). The molecule has 0 radical (unpaired) electrons. The third kappa shape index (κ3) is 2.25. The van der Waals surface area contributed by atoms with Gasteiger partial charge in [0, 0.05) is 0 Å². The highest BCUT2D eigenvalue weighted by atomic mass is 19.1. The predicted octanol–water partition coefficient (Wildman–Crippen LogP) is 3.81. The van der Waals surface area contributed by atoms with E-state index in [1.54, 1.807) is 6.07 Å². The van der Waals surface area contributed by atoms with E-state index in [4.69, 9.17) is 5.11 Å². The van der Waals surface area contributed by atoms with E-state index in [9.17, 15) is 9.18 Å². The lowest BCUT2D eigenvalue weighted by atomic mass is 9.99. The molecule has 0 bridgehead atoms. The molecule has 0 aromatic heterocycles. The molecule has 1 N–H and O–H groups in total. The quantitative estimate of drug-likeness (QED) is 0.872. The van der Waals surface area contributed by atoms with E-state index in [1.807, 2.05) is 32.0 Å². The number of halogens is 1. The summed E-state index contributed by atoms with van der Waals surface area (Å²) in [6.45, 7) is 3.99. The molecule has 0 aliphatic heterocycles. The molecule has 0 saturated carbocycles. The first-order chi connectivity index (χ1) is 8.49. The summed E-state index contributed by atoms with van der Waals surface area (Å²) in [6, 6.07) is 9.98. The Kier molecular flexibility index (Phi) is 3.15. The zero-order valence-corrected chi connectivity index (χ0v) is 10.2. The van der Waals surface area contributed by atoms with Crippen molar-refractivity contribution >= 4 is 5.97 Å². The van der Waals surface area contributed by atoms with Crippen molar-refractivity contribution in [3.05, 3.63) is 58.9 Å². The number of benzene rings is 2. The van der Waals surface area contributed by atoms with Crippen LogP contribution in [0.5, 0.6) is 0 Å². The van der Waals surface area contributed by atoms with Gasteiger partial charge in [0.1, 0.15) is 5.82 Å². The minimum atomic E-state index is -1.25. The maximum atomic E-state index is 13.3. The number of aromatic carboxylic acids is 1. The number of hydrogen-bond donors (Lipinski definition) is 1. The van der Waals surface area contributed by atoms with Gasteiger partial charge in [0.15, 0.2) is 0 Å². The molecule has 0 atom stereocenters. The van der Waals surface area contributed by atoms with Crippen molar-refractivity contribution in [2.75, 3.05) is 0 Å². The number of carboxylic acid groups (broad SMARTS) is 1. The van der Waals surface area contributed by atoms with E-state index in [2.05, 4.69) is 0 Å². The summed E-state index contributed by atoms with van der Waals surface area (Å²) >= 11 is 0. The van der Waals surface area contributed by atoms with Crippen molar-refractivity contribution in [1.29, 1.82) is 0 Å². The highest BCUT2D eigenvalue weighted by Gasteiger charge is 2.11. The molecule has 92 valence electrons. The molecule has 2 aromatic rings. The number of aryl methyl sites for hydroxylation is 2. The van der Waals surface area contributed by atoms with E-state index >= 15 is 0 Å². The van der Waals surface area contributed by atoms with E-state index < -0.39 is 11.8 Å². The molecule has 2 rings (SSSR count). The number of hydrogen-bond acceptors (Lipinski definition) is 1. The van der Waals surface area contributed by atoms with Gasteiger partial charge in [0.2, 0.25) is 0 Å². The minimum Gasteiger partial charge on any atom is -0.478 e. The zero-order valence-electron chi connectivity index (χ0n) is 10.2. The van der Waals surface area contributed by atoms with Crippen molar-refractivity contribution in [2.24, 2.45) is 0 Å². The fourth-order valence-electron chi connectivity index (χ4n) is 1.79. The van der Waals surface area contributed by atoms with Crippen LogP contribution in [0.1, 0.15) is 21.5 Å². The van der Waals surface area contributed by atoms with Gasteiger partial charge < -0.3 is 5.11 Å². The maximum absolute atomic E-state index is 13.3. The van der Waals surface area contributed by atoms with Gasteiger partial charge >= 0.3 is 5.97 Å². The molecule has 0 unspecified atom stereocenters. The molecule has 3 heteroatoms. The fraction of sp³-hybridized carbons (Fsp3) is 0.133. The van der Waals surface area contributed by atoms with Crippen LogP contribution < -0.4 is 0 Å². The number of rotatable bonds is 2. The minimum absolute atomic E-state index is 0.300. The molecule has 0 amide bonds. The number of carboxylic acids is 1. The lowest BCUT2D eigenvalue weighted by molar-refractivity contribution is 0.0692. The van der Waals surface area contributed by atoms with Crippen LogP contribution in [0.25, 0.3) is 11.1 Å². The molecule has 0 aliphatic rings. The molecular formula is C15H13FO2. The third-order valence-electron chi connectivity index (χ3n) is 3.04. The second-order valence-electron chi connectivity index (χ2n) is 4.30. The molecular weight excluding hydrogens is 231 g/mol. The van der Waals surface area contributed by atoms with Gasteiger partial charge in [0.25, 0.3) is 0 Å². The molecule has 0 fully saturated rings. The van der Waals surface area contributed by atoms with Crippen molar-refractivity contribution in [3.8, 4) is 11.1 Å². The van der Waals surface area contributed by atoms with E-state index in [1.165, 1.54) is 17.7 Å². The Morgan fingerprint density at radius 1 is 1.00 bits per heavy atom. The summed E-state index contributed by atoms with van der Waals surface area (Å²) in [6.07, 6.45) is 0. The van der Waals surface area contributed by atoms with Gasteiger partial charge in [-0.3, -0.25) is 0 Å². The van der Waals surface area contributed by atoms with Crippen molar-refractivity contribution in [3.63, 3.8) is 0 Å². The van der Waals surface area contributed by atoms with Crippen LogP contribution in [0, 0.1) is 19.7 Å². The van der Waals surface area contributed by atoms with Gasteiger partial charge in [0.05, 0.1) is 5.56 Å². The van der Waals surface area contributed by atoms with E-state index in [0.717, 1.165) is 11.1 Å². The predicted molar refractivity (Wildman–Crippen MR) is 68.3 cm³/mol. The summed E-state index contributed by atoms with van der Waals surface area (Å²) in [5.74, 6) is -1.96. The fourth-order valence-corrected chi connectivity index (χ4v) is 1.79. The average molecular weight is 244 g/mol. The SMILES string of the molecule is Cc1ccc(-c2ccc(F)c(C(=O)O)c2)cc1C. The molecule has 2 nitrogen and oxygen atoms in total. The van der Waals surface area contributed by atoms with Crippen LogP contribution in [0.15, 0.2) is 36.4 Å². The molecule has 0 aliphatic carbocycles.